The predicted molar refractivity (Wildman–Crippen MR) is 166 cm³/mol. The summed E-state index contributed by atoms with van der Waals surface area (Å²) in [6.45, 7) is 7.28. The van der Waals surface area contributed by atoms with Gasteiger partial charge in [-0.3, -0.25) is 4.79 Å². The second-order valence-electron chi connectivity index (χ2n) is 12.1. The second-order valence-corrected chi connectivity index (χ2v) is 14.4. The molecule has 0 aliphatic carbocycles. The van der Waals surface area contributed by atoms with E-state index in [1.807, 2.05) is 24.0 Å². The SMILES string of the molecule is CCS(=O)(=O)N(C)C1CCN(C2CCN(C(=O)c3ncnc(NC[C@H]4CCC[C@@H](c5ccc(O)cc5)O4)c3C)CC2)CC1. The number of sulfonamides is 1. The van der Waals surface area contributed by atoms with Gasteiger partial charge in [-0.15, -0.1) is 0 Å². The Morgan fingerprint density at radius 3 is 2.42 bits per heavy atom. The molecule has 3 fully saturated rings. The number of hydrogen-bond acceptors (Lipinski definition) is 9. The maximum atomic E-state index is 13.5. The molecule has 1 amide bonds. The van der Waals surface area contributed by atoms with E-state index in [-0.39, 0.29) is 35.7 Å². The zero-order valence-corrected chi connectivity index (χ0v) is 26.4. The molecule has 0 unspecified atom stereocenters. The van der Waals surface area contributed by atoms with Gasteiger partial charge in [-0.05, 0) is 89.6 Å². The number of likely N-dealkylation sites (tertiary alicyclic amines) is 2. The highest BCUT2D eigenvalue weighted by molar-refractivity contribution is 7.89. The van der Waals surface area contributed by atoms with Crippen molar-refractivity contribution in [2.45, 2.75) is 83.1 Å². The number of rotatable bonds is 9. The highest BCUT2D eigenvalue weighted by Gasteiger charge is 2.34. The van der Waals surface area contributed by atoms with Gasteiger partial charge >= 0.3 is 0 Å². The Hall–Kier alpha value is -2.80. The lowest BCUT2D eigenvalue weighted by Crippen LogP contribution is -2.52. The second kappa shape index (κ2) is 13.9. The maximum absolute atomic E-state index is 13.5. The van der Waals surface area contributed by atoms with Crippen LogP contribution in [0.5, 0.6) is 5.75 Å². The van der Waals surface area contributed by atoms with Crippen LogP contribution in [0, 0.1) is 6.92 Å². The molecule has 4 heterocycles. The molecule has 43 heavy (non-hydrogen) atoms. The first kappa shape index (κ1) is 31.6. The van der Waals surface area contributed by atoms with Crippen LogP contribution in [0.15, 0.2) is 30.6 Å². The Labute approximate surface area is 255 Å². The number of phenolic OH excluding ortho intramolecular Hbond substituents is 1. The van der Waals surface area contributed by atoms with Crippen LogP contribution in [-0.2, 0) is 14.8 Å². The van der Waals surface area contributed by atoms with Crippen LogP contribution in [-0.4, -0.2) is 107 Å². The number of nitrogens with zero attached hydrogens (tertiary/aromatic N) is 5. The molecule has 3 aliphatic heterocycles. The number of carbonyl (C=O) groups excluding carboxylic acids is 1. The fourth-order valence-corrected chi connectivity index (χ4v) is 7.74. The molecule has 2 atom stereocenters. The zero-order valence-electron chi connectivity index (χ0n) is 25.6. The van der Waals surface area contributed by atoms with E-state index in [0.29, 0.717) is 37.2 Å². The number of carbonyl (C=O) groups is 1. The van der Waals surface area contributed by atoms with Crippen LogP contribution < -0.4 is 5.32 Å². The topological polar surface area (TPSA) is 128 Å². The largest absolute Gasteiger partial charge is 0.508 e. The van der Waals surface area contributed by atoms with Gasteiger partial charge in [0, 0.05) is 44.3 Å². The first-order valence-corrected chi connectivity index (χ1v) is 17.3. The van der Waals surface area contributed by atoms with E-state index in [0.717, 1.165) is 69.2 Å². The van der Waals surface area contributed by atoms with Crippen LogP contribution >= 0.6 is 0 Å². The van der Waals surface area contributed by atoms with E-state index in [1.54, 1.807) is 30.4 Å². The van der Waals surface area contributed by atoms with Gasteiger partial charge in [0.15, 0.2) is 0 Å². The van der Waals surface area contributed by atoms with Gasteiger partial charge in [0.1, 0.15) is 23.6 Å². The maximum Gasteiger partial charge on any atom is 0.272 e. The Morgan fingerprint density at radius 1 is 1.05 bits per heavy atom. The molecule has 2 aromatic rings. The number of piperidine rings is 2. The molecule has 11 nitrogen and oxygen atoms in total. The summed E-state index contributed by atoms with van der Waals surface area (Å²) in [5.74, 6) is 0.977. The average Bonchev–Trinajstić information content (AvgIpc) is 3.04. The summed E-state index contributed by atoms with van der Waals surface area (Å²) in [5, 5.41) is 13.0. The van der Waals surface area contributed by atoms with Gasteiger partial charge < -0.3 is 25.0 Å². The molecule has 0 spiro atoms. The lowest BCUT2D eigenvalue weighted by atomic mass is 9.97. The lowest BCUT2D eigenvalue weighted by molar-refractivity contribution is -0.0442. The first-order valence-electron chi connectivity index (χ1n) is 15.6. The van der Waals surface area contributed by atoms with Gasteiger partial charge in [0.25, 0.3) is 5.91 Å². The predicted octanol–water partition coefficient (Wildman–Crippen LogP) is 3.56. The summed E-state index contributed by atoms with van der Waals surface area (Å²) >= 11 is 0. The minimum atomic E-state index is -3.17. The van der Waals surface area contributed by atoms with Crippen LogP contribution in [0.25, 0.3) is 0 Å². The van der Waals surface area contributed by atoms with Gasteiger partial charge in [-0.2, -0.15) is 0 Å². The third kappa shape index (κ3) is 7.47. The molecule has 12 heteroatoms. The lowest BCUT2D eigenvalue weighted by Gasteiger charge is -2.43. The number of amides is 1. The Morgan fingerprint density at radius 2 is 1.74 bits per heavy atom. The molecule has 1 aromatic carbocycles. The molecule has 0 saturated carbocycles. The number of hydrogen-bond donors (Lipinski definition) is 2. The van der Waals surface area contributed by atoms with Gasteiger partial charge in [-0.25, -0.2) is 22.7 Å². The fourth-order valence-electron chi connectivity index (χ4n) is 6.67. The van der Waals surface area contributed by atoms with Crippen LogP contribution in [0.3, 0.4) is 0 Å². The Balaban J connectivity index is 1.11. The van der Waals surface area contributed by atoms with E-state index in [1.165, 1.54) is 6.33 Å². The highest BCUT2D eigenvalue weighted by atomic mass is 32.2. The van der Waals surface area contributed by atoms with E-state index >= 15 is 0 Å². The zero-order chi connectivity index (χ0) is 30.6. The molecule has 0 radical (unpaired) electrons. The minimum absolute atomic E-state index is 0.00220. The molecule has 3 aliphatic rings. The number of aromatic hydroxyl groups is 1. The van der Waals surface area contributed by atoms with Crippen molar-refractivity contribution in [1.82, 2.24) is 24.1 Å². The van der Waals surface area contributed by atoms with Gasteiger partial charge in [0.05, 0.1) is 18.0 Å². The number of phenols is 1. The van der Waals surface area contributed by atoms with Crippen molar-refractivity contribution in [3.8, 4) is 5.75 Å². The Bertz CT molecular complexity index is 1340. The number of nitrogens with one attached hydrogen (secondary N) is 1. The summed E-state index contributed by atoms with van der Waals surface area (Å²) in [6, 6.07) is 7.68. The van der Waals surface area contributed by atoms with Crippen LogP contribution in [0.1, 0.15) is 79.6 Å². The first-order chi connectivity index (χ1) is 20.7. The molecule has 5 rings (SSSR count). The molecule has 1 aromatic heterocycles. The number of ether oxygens (including phenoxy) is 1. The molecule has 3 saturated heterocycles. The minimum Gasteiger partial charge on any atom is -0.508 e. The molecule has 2 N–H and O–H groups in total. The van der Waals surface area contributed by atoms with E-state index in [9.17, 15) is 18.3 Å². The van der Waals surface area contributed by atoms with Crippen molar-refractivity contribution in [2.75, 3.05) is 50.8 Å². The van der Waals surface area contributed by atoms with Crippen molar-refractivity contribution in [3.63, 3.8) is 0 Å². The van der Waals surface area contributed by atoms with E-state index < -0.39 is 10.0 Å². The van der Waals surface area contributed by atoms with E-state index in [2.05, 4.69) is 20.2 Å². The van der Waals surface area contributed by atoms with Crippen molar-refractivity contribution in [1.29, 1.82) is 0 Å². The van der Waals surface area contributed by atoms with Crippen molar-refractivity contribution in [2.24, 2.45) is 0 Å². The monoisotopic (exact) mass is 614 g/mol. The third-order valence-corrected chi connectivity index (χ3v) is 11.4. The highest BCUT2D eigenvalue weighted by Crippen LogP contribution is 2.32. The van der Waals surface area contributed by atoms with Crippen molar-refractivity contribution >= 4 is 21.7 Å². The van der Waals surface area contributed by atoms with Crippen molar-refractivity contribution < 1.29 is 23.1 Å². The van der Waals surface area contributed by atoms with Gasteiger partial charge in [0.2, 0.25) is 10.0 Å². The summed E-state index contributed by atoms with van der Waals surface area (Å²) in [5.41, 5.74) is 2.24. The molecular formula is C31H46N6O5S. The third-order valence-electron chi connectivity index (χ3n) is 9.48. The smallest absolute Gasteiger partial charge is 0.272 e. The van der Waals surface area contributed by atoms with Crippen LogP contribution in [0.4, 0.5) is 5.82 Å². The molecular weight excluding hydrogens is 568 g/mol. The van der Waals surface area contributed by atoms with Crippen LogP contribution in [0.2, 0.25) is 0 Å². The number of benzene rings is 1. The summed E-state index contributed by atoms with van der Waals surface area (Å²) in [4.78, 5) is 26.7. The summed E-state index contributed by atoms with van der Waals surface area (Å²) in [6.07, 6.45) is 7.89. The molecule has 0 bridgehead atoms. The quantitative estimate of drug-likeness (QED) is 0.436. The standard InChI is InChI=1S/C31H46N6O5S/c1-4-43(40,41)35(3)24-12-16-36(17-13-24)25-14-18-37(19-15-25)31(39)29-22(2)30(34-21-33-29)32-20-27-6-5-7-28(42-27)23-8-10-26(38)11-9-23/h8-11,21,24-25,27-28,38H,4-7,12-20H2,1-3H3,(H,32,33,34)/t27-,28+/m1/s1. The van der Waals surface area contributed by atoms with Crippen molar-refractivity contribution in [3.05, 3.63) is 47.4 Å². The summed E-state index contributed by atoms with van der Waals surface area (Å²) < 4.78 is 32.5. The van der Waals surface area contributed by atoms with E-state index in [4.69, 9.17) is 4.74 Å². The summed E-state index contributed by atoms with van der Waals surface area (Å²) in [7, 11) is -1.46. The molecule has 236 valence electrons. The Kier molecular flexibility index (Phi) is 10.2. The normalized spacial score (nSPS) is 23.0. The number of aromatic nitrogens is 2. The average molecular weight is 615 g/mol. The number of anilines is 1. The van der Waals surface area contributed by atoms with Gasteiger partial charge in [-0.1, -0.05) is 12.1 Å². The fraction of sp³-hybridized carbons (Fsp3) is 0.645.